The smallest absolute Gasteiger partial charge is 0.0437 e. The molecule has 0 spiro atoms. The molecule has 0 amide bonds. The van der Waals surface area contributed by atoms with Crippen LogP contribution in [0.3, 0.4) is 0 Å². The highest BCUT2D eigenvalue weighted by Crippen LogP contribution is 2.41. The van der Waals surface area contributed by atoms with Crippen molar-refractivity contribution in [2.75, 3.05) is 12.0 Å². The van der Waals surface area contributed by atoms with Gasteiger partial charge in [0.15, 0.2) is 0 Å². The Bertz CT molecular complexity index is 504. The van der Waals surface area contributed by atoms with E-state index in [-0.39, 0.29) is 17.5 Å². The van der Waals surface area contributed by atoms with Gasteiger partial charge in [-0.2, -0.15) is 0 Å². The predicted molar refractivity (Wildman–Crippen MR) is 81.8 cm³/mol. The van der Waals surface area contributed by atoms with Crippen LogP contribution in [-0.4, -0.2) is 20.8 Å². The van der Waals surface area contributed by atoms with Gasteiger partial charge in [-0.3, -0.25) is 4.21 Å². The van der Waals surface area contributed by atoms with Crippen LogP contribution < -0.4 is 5.73 Å². The zero-order valence-corrected chi connectivity index (χ0v) is 13.5. The van der Waals surface area contributed by atoms with E-state index in [1.165, 1.54) is 17.0 Å². The lowest BCUT2D eigenvalue weighted by molar-refractivity contribution is 0.273. The van der Waals surface area contributed by atoms with Gasteiger partial charge in [0, 0.05) is 46.3 Å². The summed E-state index contributed by atoms with van der Waals surface area (Å²) in [5.74, 6) is 0.706. The molecule has 1 heterocycles. The standard InChI is InChI=1S/C15H26N2OS/c1-10-6-12-13(16)7-15(3,4)8-14(12)17(10)11(2)9-19(5)18/h6,11,13H,7-9,16H2,1-5H3. The van der Waals surface area contributed by atoms with Gasteiger partial charge in [0.05, 0.1) is 0 Å². The summed E-state index contributed by atoms with van der Waals surface area (Å²) < 4.78 is 13.9. The number of nitrogens with zero attached hydrogens (tertiary/aromatic N) is 1. The molecule has 108 valence electrons. The first-order chi connectivity index (χ1) is 8.71. The molecule has 0 saturated heterocycles. The molecular weight excluding hydrogens is 256 g/mol. The van der Waals surface area contributed by atoms with Crippen LogP contribution >= 0.6 is 0 Å². The van der Waals surface area contributed by atoms with E-state index < -0.39 is 10.8 Å². The Kier molecular flexibility index (Phi) is 3.94. The molecule has 2 rings (SSSR count). The molecule has 0 aliphatic heterocycles. The monoisotopic (exact) mass is 282 g/mol. The molecule has 2 N–H and O–H groups in total. The van der Waals surface area contributed by atoms with Crippen molar-refractivity contribution in [3.63, 3.8) is 0 Å². The van der Waals surface area contributed by atoms with Crippen molar-refractivity contribution in [3.8, 4) is 0 Å². The van der Waals surface area contributed by atoms with Gasteiger partial charge in [-0.1, -0.05) is 13.8 Å². The minimum atomic E-state index is -0.769. The third-order valence-electron chi connectivity index (χ3n) is 4.10. The van der Waals surface area contributed by atoms with E-state index in [1.54, 1.807) is 6.26 Å². The molecule has 1 aliphatic rings. The molecule has 19 heavy (non-hydrogen) atoms. The molecule has 0 fully saturated rings. The maximum atomic E-state index is 11.5. The number of rotatable bonds is 3. The predicted octanol–water partition coefficient (Wildman–Crippen LogP) is 2.71. The van der Waals surface area contributed by atoms with Crippen molar-refractivity contribution < 1.29 is 4.21 Å². The van der Waals surface area contributed by atoms with E-state index in [9.17, 15) is 4.21 Å². The van der Waals surface area contributed by atoms with Crippen molar-refractivity contribution in [3.05, 3.63) is 23.0 Å². The van der Waals surface area contributed by atoms with Crippen LogP contribution in [0.1, 0.15) is 56.2 Å². The third kappa shape index (κ3) is 2.95. The third-order valence-corrected chi connectivity index (χ3v) is 5.05. The molecule has 0 aromatic carbocycles. The van der Waals surface area contributed by atoms with E-state index in [1.807, 2.05) is 0 Å². The van der Waals surface area contributed by atoms with E-state index in [0.29, 0.717) is 5.75 Å². The fraction of sp³-hybridized carbons (Fsp3) is 0.733. The lowest BCUT2D eigenvalue weighted by Crippen LogP contribution is -2.31. The quantitative estimate of drug-likeness (QED) is 0.926. The highest BCUT2D eigenvalue weighted by molar-refractivity contribution is 7.84. The second-order valence-electron chi connectivity index (χ2n) is 6.80. The normalized spacial score (nSPS) is 24.8. The highest BCUT2D eigenvalue weighted by atomic mass is 32.2. The van der Waals surface area contributed by atoms with Crippen molar-refractivity contribution in [1.29, 1.82) is 0 Å². The Hall–Kier alpha value is -0.610. The van der Waals surface area contributed by atoms with Gasteiger partial charge in [0.25, 0.3) is 0 Å². The van der Waals surface area contributed by atoms with Gasteiger partial charge >= 0.3 is 0 Å². The number of aryl methyl sites for hydroxylation is 1. The van der Waals surface area contributed by atoms with Crippen LogP contribution in [0.15, 0.2) is 6.07 Å². The van der Waals surface area contributed by atoms with E-state index in [0.717, 1.165) is 12.8 Å². The molecule has 0 saturated carbocycles. The first-order valence-electron chi connectivity index (χ1n) is 6.97. The number of hydrogen-bond donors (Lipinski definition) is 1. The Morgan fingerprint density at radius 3 is 2.79 bits per heavy atom. The van der Waals surface area contributed by atoms with Gasteiger partial charge < -0.3 is 10.3 Å². The maximum Gasteiger partial charge on any atom is 0.0437 e. The van der Waals surface area contributed by atoms with Gasteiger partial charge in [0.2, 0.25) is 0 Å². The van der Waals surface area contributed by atoms with Crippen LogP contribution in [-0.2, 0) is 17.2 Å². The number of hydrogen-bond acceptors (Lipinski definition) is 2. The molecule has 0 radical (unpaired) electrons. The number of nitrogens with two attached hydrogens (primary N) is 1. The zero-order valence-electron chi connectivity index (χ0n) is 12.7. The molecule has 1 aliphatic carbocycles. The Balaban J connectivity index is 2.44. The van der Waals surface area contributed by atoms with Crippen LogP contribution in [0.4, 0.5) is 0 Å². The zero-order chi connectivity index (χ0) is 14.4. The summed E-state index contributed by atoms with van der Waals surface area (Å²) in [5, 5.41) is 0. The minimum absolute atomic E-state index is 0.137. The second-order valence-corrected chi connectivity index (χ2v) is 8.28. The molecule has 4 heteroatoms. The molecule has 3 unspecified atom stereocenters. The molecule has 0 bridgehead atoms. The largest absolute Gasteiger partial charge is 0.345 e. The molecular formula is C15H26N2OS. The molecule has 3 nitrogen and oxygen atoms in total. The summed E-state index contributed by atoms with van der Waals surface area (Å²) in [6.07, 6.45) is 3.87. The van der Waals surface area contributed by atoms with E-state index >= 15 is 0 Å². The lowest BCUT2D eigenvalue weighted by Gasteiger charge is -2.35. The molecule has 1 aromatic heterocycles. The van der Waals surface area contributed by atoms with Gasteiger partial charge in [-0.05, 0) is 43.7 Å². The van der Waals surface area contributed by atoms with Crippen LogP contribution in [0.5, 0.6) is 0 Å². The first kappa shape index (κ1) is 14.8. The molecule has 1 aromatic rings. The topological polar surface area (TPSA) is 48.0 Å². The number of aromatic nitrogens is 1. The van der Waals surface area contributed by atoms with Crippen LogP contribution in [0.2, 0.25) is 0 Å². The number of fused-ring (bicyclic) bond motifs is 1. The summed E-state index contributed by atoms with van der Waals surface area (Å²) in [6, 6.07) is 2.64. The van der Waals surface area contributed by atoms with Crippen molar-refractivity contribution in [2.24, 2.45) is 11.1 Å². The van der Waals surface area contributed by atoms with Crippen molar-refractivity contribution in [2.45, 2.75) is 52.6 Å². The van der Waals surface area contributed by atoms with Crippen LogP contribution in [0, 0.1) is 12.3 Å². The summed E-state index contributed by atoms with van der Waals surface area (Å²) in [5.41, 5.74) is 10.5. The summed E-state index contributed by atoms with van der Waals surface area (Å²) in [6.45, 7) is 8.85. The van der Waals surface area contributed by atoms with Gasteiger partial charge in [0.1, 0.15) is 0 Å². The van der Waals surface area contributed by atoms with Crippen molar-refractivity contribution in [1.82, 2.24) is 4.57 Å². The lowest BCUT2D eigenvalue weighted by atomic mass is 9.74. The molecule has 3 atom stereocenters. The van der Waals surface area contributed by atoms with Gasteiger partial charge in [-0.15, -0.1) is 0 Å². The summed E-state index contributed by atoms with van der Waals surface area (Å²) in [4.78, 5) is 0. The fourth-order valence-electron chi connectivity index (χ4n) is 3.50. The van der Waals surface area contributed by atoms with E-state index in [4.69, 9.17) is 5.73 Å². The van der Waals surface area contributed by atoms with Crippen LogP contribution in [0.25, 0.3) is 0 Å². The minimum Gasteiger partial charge on any atom is -0.345 e. The Morgan fingerprint density at radius 1 is 1.58 bits per heavy atom. The van der Waals surface area contributed by atoms with Gasteiger partial charge in [-0.25, -0.2) is 0 Å². The van der Waals surface area contributed by atoms with Crippen molar-refractivity contribution >= 4 is 10.8 Å². The summed E-state index contributed by atoms with van der Waals surface area (Å²) in [7, 11) is -0.769. The Labute approximate surface area is 119 Å². The first-order valence-corrected chi connectivity index (χ1v) is 8.70. The maximum absolute atomic E-state index is 11.5. The van der Waals surface area contributed by atoms with E-state index in [2.05, 4.69) is 38.3 Å². The Morgan fingerprint density at radius 2 is 2.21 bits per heavy atom. The average molecular weight is 282 g/mol. The summed E-state index contributed by atoms with van der Waals surface area (Å²) >= 11 is 0. The highest BCUT2D eigenvalue weighted by Gasteiger charge is 2.34. The average Bonchev–Trinajstić information content (AvgIpc) is 2.52. The SMILES string of the molecule is Cc1cc2c(n1C(C)CS(C)=O)CC(C)(C)CC2N. The second kappa shape index (κ2) is 5.06. The fourth-order valence-corrected chi connectivity index (χ4v) is 4.33.